The van der Waals surface area contributed by atoms with Crippen molar-refractivity contribution in [1.82, 2.24) is 10.3 Å². The van der Waals surface area contributed by atoms with Gasteiger partial charge in [0.15, 0.2) is 0 Å². The van der Waals surface area contributed by atoms with E-state index in [4.69, 9.17) is 4.74 Å². The van der Waals surface area contributed by atoms with Crippen molar-refractivity contribution in [2.75, 3.05) is 19.8 Å². The number of nitrogens with zero attached hydrogens (tertiary/aromatic N) is 1. The molecule has 1 aromatic rings. The van der Waals surface area contributed by atoms with Crippen LogP contribution < -0.4 is 5.32 Å². The van der Waals surface area contributed by atoms with Gasteiger partial charge in [-0.05, 0) is 43.9 Å². The third kappa shape index (κ3) is 3.53. The molecule has 100 valence electrons. The Bertz CT molecular complexity index is 361. The highest BCUT2D eigenvalue weighted by molar-refractivity contribution is 5.18. The number of hydrogen-bond donors (Lipinski definition) is 1. The van der Waals surface area contributed by atoms with Crippen LogP contribution in [-0.2, 0) is 11.2 Å². The molecular weight excluding hydrogens is 224 g/mol. The standard InChI is InChI=1S/C15H24N2O/c1-3-16-15(13-7-5-9-18-11-13)10-14-12(2)6-4-8-17-14/h4,6,8,13,15-16H,3,5,7,9-11H2,1-2H3. The molecule has 0 aliphatic carbocycles. The minimum absolute atomic E-state index is 0.490. The van der Waals surface area contributed by atoms with Gasteiger partial charge in [-0.3, -0.25) is 4.98 Å². The number of aryl methyl sites for hydroxylation is 1. The highest BCUT2D eigenvalue weighted by atomic mass is 16.5. The fourth-order valence-corrected chi connectivity index (χ4v) is 2.69. The molecule has 0 aromatic carbocycles. The molecule has 2 unspecified atom stereocenters. The molecule has 0 radical (unpaired) electrons. The van der Waals surface area contributed by atoms with E-state index in [2.05, 4.69) is 30.2 Å². The summed E-state index contributed by atoms with van der Waals surface area (Å²) in [5.74, 6) is 0.625. The summed E-state index contributed by atoms with van der Waals surface area (Å²) in [6.07, 6.45) is 5.36. The lowest BCUT2D eigenvalue weighted by Crippen LogP contribution is -2.42. The van der Waals surface area contributed by atoms with Crippen molar-refractivity contribution in [2.24, 2.45) is 5.92 Å². The molecule has 1 N–H and O–H groups in total. The van der Waals surface area contributed by atoms with Crippen molar-refractivity contribution >= 4 is 0 Å². The quantitative estimate of drug-likeness (QED) is 0.868. The van der Waals surface area contributed by atoms with Crippen LogP contribution in [0.15, 0.2) is 18.3 Å². The van der Waals surface area contributed by atoms with Crippen molar-refractivity contribution in [1.29, 1.82) is 0 Å². The lowest BCUT2D eigenvalue weighted by molar-refractivity contribution is 0.0394. The minimum Gasteiger partial charge on any atom is -0.381 e. The summed E-state index contributed by atoms with van der Waals surface area (Å²) in [6, 6.07) is 4.64. The minimum atomic E-state index is 0.490. The van der Waals surface area contributed by atoms with Crippen LogP contribution in [0.5, 0.6) is 0 Å². The van der Waals surface area contributed by atoms with Gasteiger partial charge in [-0.1, -0.05) is 13.0 Å². The van der Waals surface area contributed by atoms with E-state index in [1.54, 1.807) is 0 Å². The zero-order valence-electron chi connectivity index (χ0n) is 11.5. The molecule has 1 aromatic heterocycles. The van der Waals surface area contributed by atoms with Crippen molar-refractivity contribution in [3.8, 4) is 0 Å². The fraction of sp³-hybridized carbons (Fsp3) is 0.667. The van der Waals surface area contributed by atoms with E-state index in [0.717, 1.165) is 26.2 Å². The maximum absolute atomic E-state index is 5.62. The maximum atomic E-state index is 5.62. The number of aromatic nitrogens is 1. The predicted molar refractivity (Wildman–Crippen MR) is 73.7 cm³/mol. The van der Waals surface area contributed by atoms with Crippen LogP contribution in [0.1, 0.15) is 31.0 Å². The summed E-state index contributed by atoms with van der Waals surface area (Å²) in [7, 11) is 0. The van der Waals surface area contributed by atoms with E-state index in [0.29, 0.717) is 12.0 Å². The van der Waals surface area contributed by atoms with Crippen LogP contribution in [0.25, 0.3) is 0 Å². The lowest BCUT2D eigenvalue weighted by atomic mass is 9.89. The molecule has 1 fully saturated rings. The molecule has 0 spiro atoms. The highest BCUT2D eigenvalue weighted by Gasteiger charge is 2.24. The largest absolute Gasteiger partial charge is 0.381 e. The number of rotatable bonds is 5. The van der Waals surface area contributed by atoms with E-state index in [-0.39, 0.29) is 0 Å². The van der Waals surface area contributed by atoms with E-state index < -0.39 is 0 Å². The molecule has 2 heterocycles. The average molecular weight is 248 g/mol. The predicted octanol–water partition coefficient (Wildman–Crippen LogP) is 2.34. The van der Waals surface area contributed by atoms with Crippen LogP contribution in [0.2, 0.25) is 0 Å². The molecule has 0 bridgehead atoms. The smallest absolute Gasteiger partial charge is 0.0509 e. The van der Waals surface area contributed by atoms with Crippen molar-refractivity contribution in [2.45, 2.75) is 39.2 Å². The Hall–Kier alpha value is -0.930. The van der Waals surface area contributed by atoms with Gasteiger partial charge in [0.25, 0.3) is 0 Å². The molecule has 0 saturated carbocycles. The molecule has 1 aliphatic rings. The molecule has 1 saturated heterocycles. The van der Waals surface area contributed by atoms with Gasteiger partial charge in [0.1, 0.15) is 0 Å². The lowest BCUT2D eigenvalue weighted by Gasteiger charge is -2.31. The van der Waals surface area contributed by atoms with Crippen LogP contribution in [-0.4, -0.2) is 30.8 Å². The van der Waals surface area contributed by atoms with Gasteiger partial charge in [0.2, 0.25) is 0 Å². The van der Waals surface area contributed by atoms with Gasteiger partial charge in [-0.2, -0.15) is 0 Å². The van der Waals surface area contributed by atoms with Crippen molar-refractivity contribution in [3.05, 3.63) is 29.6 Å². The fourth-order valence-electron chi connectivity index (χ4n) is 2.69. The first-order chi connectivity index (χ1) is 8.81. The molecule has 2 rings (SSSR count). The summed E-state index contributed by atoms with van der Waals surface area (Å²) < 4.78 is 5.62. The first kappa shape index (κ1) is 13.5. The monoisotopic (exact) mass is 248 g/mol. The third-order valence-electron chi connectivity index (χ3n) is 3.76. The summed E-state index contributed by atoms with van der Waals surface area (Å²) in [4.78, 5) is 4.51. The summed E-state index contributed by atoms with van der Waals surface area (Å²) in [5, 5.41) is 3.61. The Balaban J connectivity index is 2.03. The molecule has 0 amide bonds. The van der Waals surface area contributed by atoms with Gasteiger partial charge in [-0.25, -0.2) is 0 Å². The van der Waals surface area contributed by atoms with Crippen LogP contribution in [0, 0.1) is 12.8 Å². The Morgan fingerprint density at radius 3 is 3.11 bits per heavy atom. The van der Waals surface area contributed by atoms with Crippen LogP contribution >= 0.6 is 0 Å². The first-order valence-electron chi connectivity index (χ1n) is 7.03. The summed E-state index contributed by atoms with van der Waals surface area (Å²) in [6.45, 7) is 7.14. The second kappa shape index (κ2) is 6.86. The second-order valence-corrected chi connectivity index (χ2v) is 5.11. The van der Waals surface area contributed by atoms with E-state index >= 15 is 0 Å². The Morgan fingerprint density at radius 1 is 1.56 bits per heavy atom. The average Bonchev–Trinajstić information content (AvgIpc) is 2.42. The maximum Gasteiger partial charge on any atom is 0.0509 e. The topological polar surface area (TPSA) is 34.2 Å². The zero-order chi connectivity index (χ0) is 12.8. The molecular formula is C15H24N2O. The number of nitrogens with one attached hydrogen (secondary N) is 1. The van der Waals surface area contributed by atoms with Crippen LogP contribution in [0.3, 0.4) is 0 Å². The van der Waals surface area contributed by atoms with Crippen molar-refractivity contribution < 1.29 is 4.74 Å². The summed E-state index contributed by atoms with van der Waals surface area (Å²) >= 11 is 0. The van der Waals surface area contributed by atoms with E-state index in [1.165, 1.54) is 24.1 Å². The second-order valence-electron chi connectivity index (χ2n) is 5.11. The summed E-state index contributed by atoms with van der Waals surface area (Å²) in [5.41, 5.74) is 2.51. The zero-order valence-corrected chi connectivity index (χ0v) is 11.5. The molecule has 2 atom stereocenters. The molecule has 1 aliphatic heterocycles. The van der Waals surface area contributed by atoms with E-state index in [1.807, 2.05) is 12.3 Å². The molecule has 3 nitrogen and oxygen atoms in total. The highest BCUT2D eigenvalue weighted by Crippen LogP contribution is 2.20. The molecule has 3 heteroatoms. The van der Waals surface area contributed by atoms with E-state index in [9.17, 15) is 0 Å². The van der Waals surface area contributed by atoms with Gasteiger partial charge >= 0.3 is 0 Å². The van der Waals surface area contributed by atoms with Gasteiger partial charge < -0.3 is 10.1 Å². The Labute approximate surface area is 110 Å². The number of pyridine rings is 1. The van der Waals surface area contributed by atoms with Crippen LogP contribution in [0.4, 0.5) is 0 Å². The van der Waals surface area contributed by atoms with Gasteiger partial charge in [0.05, 0.1) is 6.61 Å². The number of likely N-dealkylation sites (N-methyl/N-ethyl adjacent to an activating group) is 1. The van der Waals surface area contributed by atoms with Crippen molar-refractivity contribution in [3.63, 3.8) is 0 Å². The Morgan fingerprint density at radius 2 is 2.44 bits per heavy atom. The third-order valence-corrected chi connectivity index (χ3v) is 3.76. The normalized spacial score (nSPS) is 21.8. The first-order valence-corrected chi connectivity index (χ1v) is 7.03. The number of ether oxygens (including phenoxy) is 1. The van der Waals surface area contributed by atoms with Gasteiger partial charge in [-0.15, -0.1) is 0 Å². The van der Waals surface area contributed by atoms with Gasteiger partial charge in [0, 0.05) is 31.0 Å². The molecule has 18 heavy (non-hydrogen) atoms. The SMILES string of the molecule is CCNC(Cc1ncccc1C)C1CCCOC1. The number of hydrogen-bond acceptors (Lipinski definition) is 3. The Kier molecular flexibility index (Phi) is 5.14.